The molecule has 0 spiro atoms. The smallest absolute Gasteiger partial charge is 0.320 e. The minimum Gasteiger partial charge on any atom is -0.493 e. The van der Waals surface area contributed by atoms with Crippen LogP contribution in [-0.2, 0) is 4.79 Å². The molecule has 2 atom stereocenters. The van der Waals surface area contributed by atoms with E-state index in [-0.39, 0.29) is 6.04 Å². The predicted molar refractivity (Wildman–Crippen MR) is 102 cm³/mol. The fraction of sp³-hybridized carbons (Fsp3) is 0.450. The normalized spacial score (nSPS) is 19.1. The van der Waals surface area contributed by atoms with Crippen LogP contribution in [0.2, 0.25) is 0 Å². The molecule has 1 aliphatic heterocycles. The van der Waals surface area contributed by atoms with Gasteiger partial charge in [0.15, 0.2) is 11.5 Å². The quantitative estimate of drug-likeness (QED) is 0.786. The number of likely N-dealkylation sites (tertiary alicyclic amines) is 1. The van der Waals surface area contributed by atoms with Gasteiger partial charge in [0.2, 0.25) is 0 Å². The molecule has 5 nitrogen and oxygen atoms in total. The van der Waals surface area contributed by atoms with Crippen molar-refractivity contribution >= 4 is 17.3 Å². The molecule has 2 aromatic rings. The van der Waals surface area contributed by atoms with Crippen LogP contribution in [0.1, 0.15) is 42.7 Å². The molecule has 3 rings (SSSR count). The summed E-state index contributed by atoms with van der Waals surface area (Å²) in [7, 11) is 1.62. The van der Waals surface area contributed by atoms with E-state index in [1.165, 1.54) is 0 Å². The van der Waals surface area contributed by atoms with Gasteiger partial charge >= 0.3 is 5.97 Å². The molecule has 0 saturated carbocycles. The number of thiophene rings is 1. The lowest BCUT2D eigenvalue weighted by atomic mass is 9.95. The average molecular weight is 375 g/mol. The van der Waals surface area contributed by atoms with Gasteiger partial charge in [0.1, 0.15) is 6.04 Å². The van der Waals surface area contributed by atoms with Crippen molar-refractivity contribution in [2.75, 3.05) is 20.3 Å². The molecule has 1 N–H and O–H groups in total. The zero-order chi connectivity index (χ0) is 18.5. The minimum atomic E-state index is -0.746. The van der Waals surface area contributed by atoms with E-state index in [1.807, 2.05) is 36.6 Å². The van der Waals surface area contributed by atoms with Crippen LogP contribution >= 0.6 is 11.3 Å². The van der Waals surface area contributed by atoms with E-state index < -0.39 is 12.0 Å². The largest absolute Gasteiger partial charge is 0.493 e. The molecule has 26 heavy (non-hydrogen) atoms. The summed E-state index contributed by atoms with van der Waals surface area (Å²) in [4.78, 5) is 15.1. The monoisotopic (exact) mass is 375 g/mol. The average Bonchev–Trinajstić information content (AvgIpc) is 3.17. The summed E-state index contributed by atoms with van der Waals surface area (Å²) in [5.74, 6) is 0.636. The first-order valence-electron chi connectivity index (χ1n) is 8.98. The highest BCUT2D eigenvalue weighted by atomic mass is 32.1. The predicted octanol–water partition coefficient (Wildman–Crippen LogP) is 4.18. The van der Waals surface area contributed by atoms with Crippen molar-refractivity contribution in [2.45, 2.75) is 38.3 Å². The van der Waals surface area contributed by atoms with Crippen LogP contribution in [0.15, 0.2) is 35.7 Å². The summed E-state index contributed by atoms with van der Waals surface area (Å²) in [5.41, 5.74) is 1.03. The van der Waals surface area contributed by atoms with Crippen molar-refractivity contribution in [3.05, 3.63) is 46.2 Å². The number of carboxylic acid groups (broad SMARTS) is 1. The van der Waals surface area contributed by atoms with Crippen LogP contribution in [0.5, 0.6) is 11.5 Å². The van der Waals surface area contributed by atoms with Crippen molar-refractivity contribution in [1.82, 2.24) is 4.90 Å². The van der Waals surface area contributed by atoms with Crippen LogP contribution < -0.4 is 9.47 Å². The van der Waals surface area contributed by atoms with Gasteiger partial charge in [-0.1, -0.05) is 18.6 Å². The number of carboxylic acids is 1. The Labute approximate surface area is 158 Å². The Kier molecular flexibility index (Phi) is 6.16. The number of methoxy groups -OCH3 is 1. The maximum absolute atomic E-state index is 11.9. The Morgan fingerprint density at radius 3 is 2.85 bits per heavy atom. The van der Waals surface area contributed by atoms with E-state index in [4.69, 9.17) is 9.47 Å². The molecule has 6 heteroatoms. The molecular formula is C20H25NO4S. The second-order valence-electron chi connectivity index (χ2n) is 6.35. The van der Waals surface area contributed by atoms with Gasteiger partial charge in [-0.25, -0.2) is 0 Å². The summed E-state index contributed by atoms with van der Waals surface area (Å²) in [6, 6.07) is 9.43. The van der Waals surface area contributed by atoms with Gasteiger partial charge in [-0.2, -0.15) is 0 Å². The van der Waals surface area contributed by atoms with Crippen LogP contribution in [0.3, 0.4) is 0 Å². The van der Waals surface area contributed by atoms with E-state index in [2.05, 4.69) is 11.0 Å². The highest BCUT2D eigenvalue weighted by Crippen LogP contribution is 2.39. The van der Waals surface area contributed by atoms with Crippen LogP contribution in [0.4, 0.5) is 0 Å². The first-order valence-corrected chi connectivity index (χ1v) is 9.86. The first-order chi connectivity index (χ1) is 12.7. The zero-order valence-electron chi connectivity index (χ0n) is 15.2. The number of hydrogen-bond acceptors (Lipinski definition) is 5. The van der Waals surface area contributed by atoms with Crippen molar-refractivity contribution in [2.24, 2.45) is 0 Å². The number of carbonyl (C=O) groups is 1. The molecule has 1 saturated heterocycles. The third-order valence-corrected chi connectivity index (χ3v) is 5.70. The summed E-state index contributed by atoms with van der Waals surface area (Å²) in [5, 5.41) is 11.8. The Hall–Kier alpha value is -2.05. The summed E-state index contributed by atoms with van der Waals surface area (Å²) >= 11 is 1.66. The van der Waals surface area contributed by atoms with Gasteiger partial charge in [-0.15, -0.1) is 11.3 Å². The van der Waals surface area contributed by atoms with Gasteiger partial charge < -0.3 is 14.6 Å². The van der Waals surface area contributed by atoms with Gasteiger partial charge in [0.25, 0.3) is 0 Å². The van der Waals surface area contributed by atoms with E-state index in [0.717, 1.165) is 29.8 Å². The highest BCUT2D eigenvalue weighted by Gasteiger charge is 2.35. The summed E-state index contributed by atoms with van der Waals surface area (Å²) in [6.45, 7) is 3.26. The molecular weight excluding hydrogens is 350 g/mol. The number of aliphatic carboxylic acids is 1. The second-order valence-corrected chi connectivity index (χ2v) is 7.33. The Morgan fingerprint density at radius 2 is 2.19 bits per heavy atom. The third kappa shape index (κ3) is 3.86. The lowest BCUT2D eigenvalue weighted by Gasteiger charge is -2.39. The number of benzene rings is 1. The molecule has 140 valence electrons. The molecule has 0 amide bonds. The first kappa shape index (κ1) is 18.7. The summed E-state index contributed by atoms with van der Waals surface area (Å²) < 4.78 is 11.1. The maximum atomic E-state index is 11.9. The number of ether oxygens (including phenoxy) is 2. The van der Waals surface area contributed by atoms with E-state index in [9.17, 15) is 9.90 Å². The maximum Gasteiger partial charge on any atom is 0.320 e. The lowest BCUT2D eigenvalue weighted by Crippen LogP contribution is -2.46. The molecule has 1 aromatic heterocycles. The molecule has 2 heterocycles. The van der Waals surface area contributed by atoms with Gasteiger partial charge in [-0.3, -0.25) is 9.69 Å². The molecule has 1 aliphatic rings. The topological polar surface area (TPSA) is 59.0 Å². The van der Waals surface area contributed by atoms with Gasteiger partial charge in [-0.05, 0) is 55.5 Å². The number of nitrogens with zero attached hydrogens (tertiary/aromatic N) is 1. The van der Waals surface area contributed by atoms with Gasteiger partial charge in [0, 0.05) is 4.88 Å². The van der Waals surface area contributed by atoms with Crippen LogP contribution in [0.25, 0.3) is 0 Å². The number of rotatable bonds is 7. The van der Waals surface area contributed by atoms with Gasteiger partial charge in [0.05, 0.1) is 19.8 Å². The lowest BCUT2D eigenvalue weighted by molar-refractivity contribution is -0.145. The fourth-order valence-electron chi connectivity index (χ4n) is 3.63. The molecule has 1 fully saturated rings. The standard InChI is InChI=1S/C20H25NO4S/c1-3-25-17-13-14(9-10-16(17)24-2)19(18-8-6-12-26-18)21-11-5-4-7-15(21)20(22)23/h6,8-10,12-13,15,19H,3-5,7,11H2,1-2H3,(H,22,23). The SMILES string of the molecule is CCOc1cc(C(c2cccs2)N2CCCCC2C(=O)O)ccc1OC. The Balaban J connectivity index is 2.04. The molecule has 0 bridgehead atoms. The fourth-order valence-corrected chi connectivity index (χ4v) is 4.50. The summed E-state index contributed by atoms with van der Waals surface area (Å²) in [6.07, 6.45) is 2.66. The van der Waals surface area contributed by atoms with Crippen molar-refractivity contribution in [3.63, 3.8) is 0 Å². The molecule has 0 aliphatic carbocycles. The molecule has 2 unspecified atom stereocenters. The van der Waals surface area contributed by atoms with Crippen molar-refractivity contribution in [1.29, 1.82) is 0 Å². The van der Waals surface area contributed by atoms with Crippen molar-refractivity contribution < 1.29 is 19.4 Å². The van der Waals surface area contributed by atoms with E-state index >= 15 is 0 Å². The third-order valence-electron chi connectivity index (χ3n) is 4.78. The minimum absolute atomic E-state index is 0.0958. The van der Waals surface area contributed by atoms with E-state index in [0.29, 0.717) is 24.5 Å². The number of hydrogen-bond donors (Lipinski definition) is 1. The molecule has 1 aromatic carbocycles. The van der Waals surface area contributed by atoms with Crippen LogP contribution in [-0.4, -0.2) is 42.3 Å². The number of piperidine rings is 1. The Morgan fingerprint density at radius 1 is 1.35 bits per heavy atom. The van der Waals surface area contributed by atoms with E-state index in [1.54, 1.807) is 18.4 Å². The Bertz CT molecular complexity index is 731. The zero-order valence-corrected chi connectivity index (χ0v) is 16.0. The van der Waals surface area contributed by atoms with Crippen molar-refractivity contribution in [3.8, 4) is 11.5 Å². The molecule has 0 radical (unpaired) electrons. The highest BCUT2D eigenvalue weighted by molar-refractivity contribution is 7.10. The van der Waals surface area contributed by atoms with Crippen LogP contribution in [0, 0.1) is 0 Å². The second kappa shape index (κ2) is 8.56.